The minimum absolute atomic E-state index is 0.159. The normalized spacial score (nSPS) is 11.6. The van der Waals surface area contributed by atoms with E-state index in [1.54, 1.807) is 41.7 Å². The second-order valence-electron chi connectivity index (χ2n) is 6.93. The van der Waals surface area contributed by atoms with Crippen LogP contribution in [0.2, 0.25) is 15.1 Å². The van der Waals surface area contributed by atoms with Gasteiger partial charge in [0.1, 0.15) is 5.69 Å². The van der Waals surface area contributed by atoms with Gasteiger partial charge in [-0.2, -0.15) is 13.2 Å². The second kappa shape index (κ2) is 8.83. The fraction of sp³-hybridized carbons (Fsp3) is 0.0455. The number of amides is 1. The van der Waals surface area contributed by atoms with Gasteiger partial charge in [0.05, 0.1) is 16.1 Å². The maximum absolute atomic E-state index is 12.9. The van der Waals surface area contributed by atoms with Crippen molar-refractivity contribution in [3.05, 3.63) is 69.4 Å². The summed E-state index contributed by atoms with van der Waals surface area (Å²) in [7, 11) is 0. The highest BCUT2D eigenvalue weighted by molar-refractivity contribution is 6.36. The Bertz CT molecular complexity index is 1450. The van der Waals surface area contributed by atoms with Crippen LogP contribution in [-0.4, -0.2) is 28.1 Å². The Kier molecular flexibility index (Phi) is 6.20. The molecule has 174 valence electrons. The number of anilines is 1. The molecule has 0 atom stereocenters. The lowest BCUT2D eigenvalue weighted by Gasteiger charge is -2.12. The van der Waals surface area contributed by atoms with Gasteiger partial charge in [-0.1, -0.05) is 46.9 Å². The molecular formula is C22H10Cl3F3N2O4. The second-order valence-corrected chi connectivity index (χ2v) is 8.21. The Morgan fingerprint density at radius 1 is 0.941 bits per heavy atom. The number of furan rings is 1. The summed E-state index contributed by atoms with van der Waals surface area (Å²) in [6.45, 7) is 0. The van der Waals surface area contributed by atoms with Gasteiger partial charge >= 0.3 is 18.1 Å². The molecule has 0 aliphatic heterocycles. The molecule has 0 saturated heterocycles. The quantitative estimate of drug-likeness (QED) is 0.289. The van der Waals surface area contributed by atoms with Gasteiger partial charge < -0.3 is 14.8 Å². The van der Waals surface area contributed by atoms with Crippen LogP contribution in [-0.2, 0) is 4.79 Å². The molecule has 6 nitrogen and oxygen atoms in total. The number of fused-ring (bicyclic) bond motifs is 1. The van der Waals surface area contributed by atoms with Crippen molar-refractivity contribution >= 4 is 63.5 Å². The van der Waals surface area contributed by atoms with Gasteiger partial charge in [-0.25, -0.2) is 9.78 Å². The van der Waals surface area contributed by atoms with E-state index in [4.69, 9.17) is 39.2 Å². The maximum atomic E-state index is 12.9. The number of rotatable bonds is 4. The SMILES string of the molecule is O=C(O)c1oc2nc(-c3ccc(Cl)cc3Cl)c(-c3ccc(Cl)cc3)cc2c1NC(=O)C(F)(F)F. The van der Waals surface area contributed by atoms with Gasteiger partial charge in [0, 0.05) is 21.2 Å². The third-order valence-corrected chi connectivity index (χ3v) is 5.51. The molecule has 4 rings (SSSR count). The fourth-order valence-electron chi connectivity index (χ4n) is 3.22. The summed E-state index contributed by atoms with van der Waals surface area (Å²) in [5, 5.41) is 11.9. The number of halogens is 6. The summed E-state index contributed by atoms with van der Waals surface area (Å²) in [4.78, 5) is 27.6. The zero-order chi connectivity index (χ0) is 24.8. The third kappa shape index (κ3) is 4.54. The summed E-state index contributed by atoms with van der Waals surface area (Å²) in [6, 6.07) is 12.4. The molecule has 2 aromatic heterocycles. The average Bonchev–Trinajstić information content (AvgIpc) is 3.10. The minimum Gasteiger partial charge on any atom is -0.475 e. The molecule has 0 radical (unpaired) electrons. The Hall–Kier alpha value is -3.27. The predicted octanol–water partition coefficient (Wildman–Crippen LogP) is 7.32. The molecule has 0 saturated carbocycles. The predicted molar refractivity (Wildman–Crippen MR) is 122 cm³/mol. The number of nitrogens with one attached hydrogen (secondary N) is 1. The van der Waals surface area contributed by atoms with E-state index < -0.39 is 29.5 Å². The molecule has 0 aliphatic carbocycles. The molecule has 0 fully saturated rings. The van der Waals surface area contributed by atoms with Gasteiger partial charge in [0.2, 0.25) is 11.5 Å². The Morgan fingerprint density at radius 3 is 2.18 bits per heavy atom. The van der Waals surface area contributed by atoms with E-state index in [0.29, 0.717) is 26.7 Å². The average molecular weight is 530 g/mol. The van der Waals surface area contributed by atoms with Crippen LogP contribution in [0.5, 0.6) is 0 Å². The van der Waals surface area contributed by atoms with Gasteiger partial charge in [-0.3, -0.25) is 4.79 Å². The molecule has 0 unspecified atom stereocenters. The van der Waals surface area contributed by atoms with Crippen molar-refractivity contribution in [2.45, 2.75) is 6.18 Å². The number of aromatic nitrogens is 1. The Labute approximate surface area is 203 Å². The van der Waals surface area contributed by atoms with Crippen LogP contribution in [0.15, 0.2) is 52.9 Å². The van der Waals surface area contributed by atoms with Crippen molar-refractivity contribution in [2.75, 3.05) is 5.32 Å². The molecule has 2 heterocycles. The summed E-state index contributed by atoms with van der Waals surface area (Å²) in [6.07, 6.45) is -5.26. The molecule has 34 heavy (non-hydrogen) atoms. The standard InChI is InChI=1S/C22H10Cl3F3N2O4/c23-10-3-1-9(2-4-10)13-8-14-17(30-21(33)22(26,27)28)18(20(31)32)34-19(14)29-16(13)12-6-5-11(24)7-15(12)25/h1-8H,(H,30,33)(H,31,32). The number of carboxylic acids is 1. The highest BCUT2D eigenvalue weighted by Gasteiger charge is 2.40. The first kappa shape index (κ1) is 23.9. The van der Waals surface area contributed by atoms with Crippen molar-refractivity contribution in [1.82, 2.24) is 4.98 Å². The first-order chi connectivity index (χ1) is 16.0. The Balaban J connectivity index is 2.04. The van der Waals surface area contributed by atoms with Gasteiger partial charge in [0.15, 0.2) is 0 Å². The van der Waals surface area contributed by atoms with Crippen molar-refractivity contribution in [1.29, 1.82) is 0 Å². The lowest BCUT2D eigenvalue weighted by molar-refractivity contribution is -0.167. The van der Waals surface area contributed by atoms with E-state index in [1.165, 1.54) is 12.1 Å². The van der Waals surface area contributed by atoms with E-state index in [0.717, 1.165) is 0 Å². The van der Waals surface area contributed by atoms with Crippen molar-refractivity contribution in [3.8, 4) is 22.4 Å². The van der Waals surface area contributed by atoms with E-state index in [9.17, 15) is 27.9 Å². The molecular weight excluding hydrogens is 520 g/mol. The summed E-state index contributed by atoms with van der Waals surface area (Å²) < 4.78 is 43.9. The number of hydrogen-bond donors (Lipinski definition) is 2. The molecule has 4 aromatic rings. The smallest absolute Gasteiger partial charge is 0.471 e. The van der Waals surface area contributed by atoms with Crippen LogP contribution in [0.25, 0.3) is 33.5 Å². The molecule has 2 aromatic carbocycles. The minimum atomic E-state index is -5.26. The molecule has 0 aliphatic rings. The molecule has 12 heteroatoms. The number of carbonyl (C=O) groups excluding carboxylic acids is 1. The van der Waals surface area contributed by atoms with Crippen LogP contribution >= 0.6 is 34.8 Å². The number of aromatic carboxylic acids is 1. The van der Waals surface area contributed by atoms with Crippen LogP contribution in [0.4, 0.5) is 18.9 Å². The summed E-state index contributed by atoms with van der Waals surface area (Å²) in [5.41, 5.74) is 0.512. The number of carbonyl (C=O) groups is 2. The highest BCUT2D eigenvalue weighted by atomic mass is 35.5. The highest BCUT2D eigenvalue weighted by Crippen LogP contribution is 2.41. The van der Waals surface area contributed by atoms with Crippen molar-refractivity contribution in [2.24, 2.45) is 0 Å². The van der Waals surface area contributed by atoms with Crippen LogP contribution in [0, 0.1) is 0 Å². The third-order valence-electron chi connectivity index (χ3n) is 4.71. The summed E-state index contributed by atoms with van der Waals surface area (Å²) in [5.74, 6) is -4.98. The zero-order valence-corrected chi connectivity index (χ0v) is 18.8. The molecule has 2 N–H and O–H groups in total. The van der Waals surface area contributed by atoms with E-state index in [2.05, 4.69) is 4.98 Å². The number of alkyl halides is 3. The molecule has 0 spiro atoms. The lowest BCUT2D eigenvalue weighted by Crippen LogP contribution is -2.30. The number of benzene rings is 2. The van der Waals surface area contributed by atoms with Crippen molar-refractivity contribution < 1.29 is 32.3 Å². The molecule has 0 bridgehead atoms. The van der Waals surface area contributed by atoms with E-state index in [1.807, 2.05) is 0 Å². The maximum Gasteiger partial charge on any atom is 0.471 e. The fourth-order valence-corrected chi connectivity index (χ4v) is 3.84. The van der Waals surface area contributed by atoms with E-state index >= 15 is 0 Å². The first-order valence-electron chi connectivity index (χ1n) is 9.26. The largest absolute Gasteiger partial charge is 0.475 e. The van der Waals surface area contributed by atoms with Crippen molar-refractivity contribution in [3.63, 3.8) is 0 Å². The molecule has 1 amide bonds. The van der Waals surface area contributed by atoms with Gasteiger partial charge in [0.25, 0.3) is 0 Å². The zero-order valence-electron chi connectivity index (χ0n) is 16.5. The number of pyridine rings is 1. The van der Waals surface area contributed by atoms with Crippen LogP contribution in [0.1, 0.15) is 10.6 Å². The van der Waals surface area contributed by atoms with Crippen LogP contribution < -0.4 is 5.32 Å². The first-order valence-corrected chi connectivity index (χ1v) is 10.4. The number of nitrogens with zero attached hydrogens (tertiary/aromatic N) is 1. The summed E-state index contributed by atoms with van der Waals surface area (Å²) >= 11 is 18.3. The van der Waals surface area contributed by atoms with Gasteiger partial charge in [-0.15, -0.1) is 0 Å². The topological polar surface area (TPSA) is 92.4 Å². The van der Waals surface area contributed by atoms with E-state index in [-0.39, 0.29) is 21.8 Å². The Morgan fingerprint density at radius 2 is 1.59 bits per heavy atom. The van der Waals surface area contributed by atoms with Crippen LogP contribution in [0.3, 0.4) is 0 Å². The number of carboxylic acid groups (broad SMARTS) is 1. The van der Waals surface area contributed by atoms with Gasteiger partial charge in [-0.05, 0) is 42.0 Å². The lowest BCUT2D eigenvalue weighted by atomic mass is 9.98. The number of hydrogen-bond acceptors (Lipinski definition) is 4. The monoisotopic (exact) mass is 528 g/mol.